The van der Waals surface area contributed by atoms with Gasteiger partial charge in [-0.2, -0.15) is 0 Å². The first-order valence-corrected chi connectivity index (χ1v) is 4.74. The summed E-state index contributed by atoms with van der Waals surface area (Å²) < 4.78 is 0. The Balaban J connectivity index is 2.61. The molecule has 0 amide bonds. The summed E-state index contributed by atoms with van der Waals surface area (Å²) in [5.41, 5.74) is 1.40. The maximum absolute atomic E-state index is 3.93. The third-order valence-corrected chi connectivity index (χ3v) is 1.79. The average Bonchev–Trinajstić information content (AvgIpc) is 1.91. The summed E-state index contributed by atoms with van der Waals surface area (Å²) >= 11 is 1.79. The van der Waals surface area contributed by atoms with Crippen molar-refractivity contribution in [3.05, 3.63) is 30.1 Å². The average molecular weight is 183 g/mol. The second-order valence-electron chi connectivity index (χ2n) is 1.89. The van der Waals surface area contributed by atoms with Crippen LogP contribution in [0.5, 0.6) is 0 Å². The van der Waals surface area contributed by atoms with Crippen LogP contribution in [0.25, 0.3) is 0 Å². The number of rotatable bonds is 2. The SMILES string of the molecule is [AsH2]CCc1ccncc1. The van der Waals surface area contributed by atoms with Crippen molar-refractivity contribution in [3.63, 3.8) is 0 Å². The van der Waals surface area contributed by atoms with Gasteiger partial charge in [-0.3, -0.25) is 0 Å². The topological polar surface area (TPSA) is 12.9 Å². The van der Waals surface area contributed by atoms with E-state index in [1.54, 1.807) is 16.9 Å². The maximum atomic E-state index is 3.93. The van der Waals surface area contributed by atoms with Gasteiger partial charge in [0.1, 0.15) is 0 Å². The molecule has 2 heteroatoms. The molecular formula is C7H10AsN. The van der Waals surface area contributed by atoms with Crippen molar-refractivity contribution < 1.29 is 0 Å². The molecule has 1 atom stereocenters. The van der Waals surface area contributed by atoms with Gasteiger partial charge in [-0.1, -0.05) is 0 Å². The fourth-order valence-corrected chi connectivity index (χ4v) is 1.42. The third-order valence-electron chi connectivity index (χ3n) is 1.18. The molecule has 0 aliphatic carbocycles. The molecule has 0 aliphatic rings. The number of pyridine rings is 1. The van der Waals surface area contributed by atoms with Crippen LogP contribution < -0.4 is 0 Å². The number of nitrogens with zero attached hydrogens (tertiary/aromatic N) is 1. The Morgan fingerprint density at radius 3 is 2.56 bits per heavy atom. The molecule has 0 aromatic carbocycles. The van der Waals surface area contributed by atoms with Crippen molar-refractivity contribution in [2.75, 3.05) is 0 Å². The van der Waals surface area contributed by atoms with Gasteiger partial charge >= 0.3 is 63.6 Å². The monoisotopic (exact) mass is 183 g/mol. The van der Waals surface area contributed by atoms with Crippen LogP contribution in [0.1, 0.15) is 5.56 Å². The predicted octanol–water partition coefficient (Wildman–Crippen LogP) is 0.675. The van der Waals surface area contributed by atoms with E-state index < -0.39 is 0 Å². The number of aryl methyl sites for hydroxylation is 1. The van der Waals surface area contributed by atoms with Crippen LogP contribution in [-0.2, 0) is 6.42 Å². The van der Waals surface area contributed by atoms with E-state index in [0.717, 1.165) is 0 Å². The number of aromatic nitrogens is 1. The molecule has 0 bridgehead atoms. The van der Waals surface area contributed by atoms with E-state index in [1.165, 1.54) is 17.2 Å². The van der Waals surface area contributed by atoms with Crippen LogP contribution in [-0.4, -0.2) is 21.8 Å². The minimum absolute atomic E-state index is 1.20. The van der Waals surface area contributed by atoms with Gasteiger partial charge in [0.25, 0.3) is 0 Å². The molecular weight excluding hydrogens is 173 g/mol. The first-order chi connectivity index (χ1) is 4.43. The zero-order valence-electron chi connectivity index (χ0n) is 5.25. The van der Waals surface area contributed by atoms with Crippen molar-refractivity contribution in [3.8, 4) is 0 Å². The molecule has 48 valence electrons. The van der Waals surface area contributed by atoms with Gasteiger partial charge in [0, 0.05) is 0 Å². The summed E-state index contributed by atoms with van der Waals surface area (Å²) in [6.07, 6.45) is 4.89. The standard InChI is InChI=1S/C7H10AsN/c8-4-1-7-2-5-9-6-3-7/h2-3,5-6H,1,4,8H2. The van der Waals surface area contributed by atoms with Crippen LogP contribution >= 0.6 is 0 Å². The fraction of sp³-hybridized carbons (Fsp3) is 0.286. The molecule has 0 spiro atoms. The van der Waals surface area contributed by atoms with Gasteiger partial charge in [0.05, 0.1) is 0 Å². The van der Waals surface area contributed by atoms with Crippen molar-refractivity contribution >= 4 is 16.9 Å². The molecule has 1 aromatic rings. The fourth-order valence-electron chi connectivity index (χ4n) is 0.716. The quantitative estimate of drug-likeness (QED) is 0.614. The molecule has 1 heterocycles. The third kappa shape index (κ3) is 2.19. The van der Waals surface area contributed by atoms with E-state index in [9.17, 15) is 0 Å². The molecule has 0 radical (unpaired) electrons. The molecule has 0 saturated heterocycles. The zero-order chi connectivity index (χ0) is 6.53. The Bertz CT molecular complexity index is 162. The van der Waals surface area contributed by atoms with Crippen molar-refractivity contribution in [1.29, 1.82) is 0 Å². The van der Waals surface area contributed by atoms with E-state index in [4.69, 9.17) is 0 Å². The molecule has 1 unspecified atom stereocenters. The summed E-state index contributed by atoms with van der Waals surface area (Å²) in [6, 6.07) is 4.14. The first-order valence-electron chi connectivity index (χ1n) is 3.02. The van der Waals surface area contributed by atoms with Crippen LogP contribution in [0, 0.1) is 0 Å². The second-order valence-corrected chi connectivity index (χ2v) is 3.11. The minimum atomic E-state index is 1.20. The zero-order valence-corrected chi connectivity index (χ0v) is 7.67. The Morgan fingerprint density at radius 2 is 2.00 bits per heavy atom. The Labute approximate surface area is 64.0 Å². The normalized spacial score (nSPS) is 9.44. The van der Waals surface area contributed by atoms with E-state index >= 15 is 0 Å². The molecule has 0 saturated carbocycles. The molecule has 1 nitrogen and oxygen atoms in total. The summed E-state index contributed by atoms with van der Waals surface area (Å²) in [4.78, 5) is 3.93. The van der Waals surface area contributed by atoms with Crippen molar-refractivity contribution in [1.82, 2.24) is 4.98 Å². The molecule has 0 fully saturated rings. The van der Waals surface area contributed by atoms with Gasteiger partial charge in [0.2, 0.25) is 0 Å². The van der Waals surface area contributed by atoms with Crippen LogP contribution in [0.4, 0.5) is 0 Å². The van der Waals surface area contributed by atoms with Gasteiger partial charge in [0.15, 0.2) is 0 Å². The molecule has 9 heavy (non-hydrogen) atoms. The van der Waals surface area contributed by atoms with E-state index in [0.29, 0.717) is 0 Å². The molecule has 1 aromatic heterocycles. The van der Waals surface area contributed by atoms with Crippen molar-refractivity contribution in [2.45, 2.75) is 11.6 Å². The second kappa shape index (κ2) is 3.68. The van der Waals surface area contributed by atoms with Crippen LogP contribution in [0.15, 0.2) is 24.5 Å². The van der Waals surface area contributed by atoms with Gasteiger partial charge < -0.3 is 0 Å². The van der Waals surface area contributed by atoms with E-state index in [1.807, 2.05) is 12.4 Å². The van der Waals surface area contributed by atoms with E-state index in [2.05, 4.69) is 17.1 Å². The van der Waals surface area contributed by atoms with Crippen LogP contribution in [0.3, 0.4) is 0 Å². The van der Waals surface area contributed by atoms with E-state index in [-0.39, 0.29) is 0 Å². The predicted molar refractivity (Wildman–Crippen MR) is 41.3 cm³/mol. The molecule has 0 aliphatic heterocycles. The summed E-state index contributed by atoms with van der Waals surface area (Å²) in [6.45, 7) is 0. The van der Waals surface area contributed by atoms with Crippen LogP contribution in [0.2, 0.25) is 5.21 Å². The summed E-state index contributed by atoms with van der Waals surface area (Å²) in [5.74, 6) is 0. The Hall–Kier alpha value is -0.292. The molecule has 0 N–H and O–H groups in total. The Morgan fingerprint density at radius 1 is 1.33 bits per heavy atom. The molecule has 1 rings (SSSR count). The van der Waals surface area contributed by atoms with Gasteiger partial charge in [-0.05, 0) is 0 Å². The van der Waals surface area contributed by atoms with Gasteiger partial charge in [-0.25, -0.2) is 0 Å². The summed E-state index contributed by atoms with van der Waals surface area (Å²) in [5, 5.41) is 1.27. The Kier molecular flexibility index (Phi) is 2.79. The number of hydrogen-bond donors (Lipinski definition) is 0. The first kappa shape index (κ1) is 6.82. The summed E-state index contributed by atoms with van der Waals surface area (Å²) in [7, 11) is 0. The number of hydrogen-bond acceptors (Lipinski definition) is 1. The van der Waals surface area contributed by atoms with Gasteiger partial charge in [-0.15, -0.1) is 0 Å². The van der Waals surface area contributed by atoms with Crippen molar-refractivity contribution in [2.24, 2.45) is 0 Å².